The van der Waals surface area contributed by atoms with E-state index in [1.165, 1.54) is 6.42 Å². The molecule has 2 fully saturated rings. The van der Waals surface area contributed by atoms with Crippen molar-refractivity contribution in [3.8, 4) is 0 Å². The van der Waals surface area contributed by atoms with E-state index in [2.05, 4.69) is 13.2 Å². The van der Waals surface area contributed by atoms with Crippen LogP contribution in [0.4, 0.5) is 4.79 Å². The molecule has 3 heteroatoms. The minimum Gasteiger partial charge on any atom is -0.441 e. The third-order valence-electron chi connectivity index (χ3n) is 3.83. The van der Waals surface area contributed by atoms with Gasteiger partial charge in [0.25, 0.3) is 0 Å². The summed E-state index contributed by atoms with van der Waals surface area (Å²) in [6.07, 6.45) is 8.56. The average molecular weight is 247 g/mol. The minimum absolute atomic E-state index is 0.0641. The number of cyclic esters (lactones) is 1. The Kier molecular flexibility index (Phi) is 3.33. The normalized spacial score (nSPS) is 27.7. The molecule has 0 aromatic heterocycles. The summed E-state index contributed by atoms with van der Waals surface area (Å²) >= 11 is 0. The van der Waals surface area contributed by atoms with Crippen molar-refractivity contribution in [2.45, 2.75) is 50.8 Å². The van der Waals surface area contributed by atoms with E-state index in [9.17, 15) is 4.79 Å². The number of ether oxygens (including phenoxy) is 1. The molecule has 0 spiro atoms. The molecule has 1 heterocycles. The predicted octanol–water partition coefficient (Wildman–Crippen LogP) is 3.44. The average Bonchev–Trinajstić information content (AvgIpc) is 2.44. The number of amides is 1. The molecule has 0 unspecified atom stereocenters. The van der Waals surface area contributed by atoms with Crippen molar-refractivity contribution in [3.63, 3.8) is 0 Å². The van der Waals surface area contributed by atoms with Crippen molar-refractivity contribution in [1.82, 2.24) is 4.90 Å². The third kappa shape index (κ3) is 1.98. The van der Waals surface area contributed by atoms with Gasteiger partial charge in [-0.1, -0.05) is 31.4 Å². The van der Waals surface area contributed by atoms with Crippen LogP contribution >= 0.6 is 0 Å². The lowest BCUT2D eigenvalue weighted by molar-refractivity contribution is 0.0751. The van der Waals surface area contributed by atoms with E-state index in [0.717, 1.165) is 18.4 Å². The first-order valence-electron chi connectivity index (χ1n) is 6.47. The van der Waals surface area contributed by atoms with Crippen molar-refractivity contribution < 1.29 is 9.53 Å². The zero-order chi connectivity index (χ0) is 13.3. The van der Waals surface area contributed by atoms with Gasteiger partial charge in [0, 0.05) is 6.04 Å². The Labute approximate surface area is 109 Å². The first kappa shape index (κ1) is 12.9. The molecule has 0 N–H and O–H groups in total. The first-order chi connectivity index (χ1) is 8.51. The summed E-state index contributed by atoms with van der Waals surface area (Å²) in [5.41, 5.74) is 0.475. The van der Waals surface area contributed by atoms with E-state index in [-0.39, 0.29) is 12.1 Å². The Morgan fingerprint density at radius 2 is 2.11 bits per heavy atom. The molecule has 1 saturated carbocycles. The second-order valence-corrected chi connectivity index (χ2v) is 5.47. The van der Waals surface area contributed by atoms with Gasteiger partial charge < -0.3 is 4.74 Å². The summed E-state index contributed by atoms with van der Waals surface area (Å²) in [6, 6.07) is 0.253. The zero-order valence-corrected chi connectivity index (χ0v) is 11.2. The highest BCUT2D eigenvalue weighted by Crippen LogP contribution is 2.40. The van der Waals surface area contributed by atoms with E-state index in [1.807, 2.05) is 24.8 Å². The highest BCUT2D eigenvalue weighted by atomic mass is 16.6. The number of allylic oxidation sites excluding steroid dienone is 2. The van der Waals surface area contributed by atoms with Crippen LogP contribution in [0.3, 0.4) is 0 Å². The molecule has 18 heavy (non-hydrogen) atoms. The van der Waals surface area contributed by atoms with Gasteiger partial charge in [-0.15, -0.1) is 0 Å². The maximum absolute atomic E-state index is 12.1. The second kappa shape index (κ2) is 4.63. The van der Waals surface area contributed by atoms with Crippen LogP contribution in [0, 0.1) is 0 Å². The molecule has 0 aromatic carbocycles. The van der Waals surface area contributed by atoms with E-state index >= 15 is 0 Å². The first-order valence-corrected chi connectivity index (χ1v) is 6.47. The van der Waals surface area contributed by atoms with Crippen molar-refractivity contribution in [2.75, 3.05) is 0 Å². The highest BCUT2D eigenvalue weighted by Gasteiger charge is 2.52. The Hall–Kier alpha value is -1.51. The smallest absolute Gasteiger partial charge is 0.411 e. The lowest BCUT2D eigenvalue weighted by Gasteiger charge is -2.39. The number of carbonyl (C=O) groups excluding carboxylic acids is 1. The SMILES string of the molecule is C=C/C=C(\C=C)[C@H]1N(C2CCC2)C(=O)OC1(C)C. The molecule has 1 aliphatic carbocycles. The maximum Gasteiger partial charge on any atom is 0.411 e. The second-order valence-electron chi connectivity index (χ2n) is 5.47. The van der Waals surface area contributed by atoms with Crippen LogP contribution in [0.5, 0.6) is 0 Å². The van der Waals surface area contributed by atoms with E-state index in [1.54, 1.807) is 12.2 Å². The van der Waals surface area contributed by atoms with Crippen molar-refractivity contribution in [1.29, 1.82) is 0 Å². The third-order valence-corrected chi connectivity index (χ3v) is 3.83. The van der Waals surface area contributed by atoms with Crippen molar-refractivity contribution in [3.05, 3.63) is 37.0 Å². The zero-order valence-electron chi connectivity index (χ0n) is 11.2. The van der Waals surface area contributed by atoms with Crippen LogP contribution < -0.4 is 0 Å². The molecular formula is C15H21NO2. The summed E-state index contributed by atoms with van der Waals surface area (Å²) in [7, 11) is 0. The molecule has 0 bridgehead atoms. The quantitative estimate of drug-likeness (QED) is 0.712. The van der Waals surface area contributed by atoms with Gasteiger partial charge in [-0.3, -0.25) is 4.90 Å². The van der Waals surface area contributed by atoms with E-state index < -0.39 is 5.60 Å². The van der Waals surface area contributed by atoms with Gasteiger partial charge in [0.2, 0.25) is 0 Å². The van der Waals surface area contributed by atoms with Gasteiger partial charge in [-0.2, -0.15) is 0 Å². The van der Waals surface area contributed by atoms with Crippen LogP contribution in [-0.2, 0) is 4.74 Å². The Morgan fingerprint density at radius 1 is 1.44 bits per heavy atom. The van der Waals surface area contributed by atoms with Gasteiger partial charge in [0.05, 0.1) is 6.04 Å². The molecule has 1 saturated heterocycles. The fourth-order valence-electron chi connectivity index (χ4n) is 2.77. The van der Waals surface area contributed by atoms with Gasteiger partial charge in [-0.25, -0.2) is 4.79 Å². The summed E-state index contributed by atoms with van der Waals surface area (Å²) in [6.45, 7) is 11.5. The van der Waals surface area contributed by atoms with Crippen LogP contribution in [0.15, 0.2) is 37.0 Å². The largest absolute Gasteiger partial charge is 0.441 e. The van der Waals surface area contributed by atoms with Gasteiger partial charge >= 0.3 is 6.09 Å². The summed E-state index contributed by atoms with van der Waals surface area (Å²) in [5.74, 6) is 0. The number of rotatable bonds is 4. The molecule has 2 rings (SSSR count). The molecule has 1 atom stereocenters. The molecule has 3 nitrogen and oxygen atoms in total. The topological polar surface area (TPSA) is 29.5 Å². The highest BCUT2D eigenvalue weighted by molar-refractivity contribution is 5.73. The lowest BCUT2D eigenvalue weighted by atomic mass is 9.85. The molecule has 1 aliphatic heterocycles. The van der Waals surface area contributed by atoms with Crippen molar-refractivity contribution in [2.24, 2.45) is 0 Å². The number of nitrogens with zero attached hydrogens (tertiary/aromatic N) is 1. The minimum atomic E-state index is -0.518. The summed E-state index contributed by atoms with van der Waals surface area (Å²) in [4.78, 5) is 14.0. The summed E-state index contributed by atoms with van der Waals surface area (Å²) < 4.78 is 5.52. The fraction of sp³-hybridized carbons (Fsp3) is 0.533. The van der Waals surface area contributed by atoms with Crippen LogP contribution in [0.2, 0.25) is 0 Å². The number of hydrogen-bond donors (Lipinski definition) is 0. The van der Waals surface area contributed by atoms with Gasteiger partial charge in [-0.05, 0) is 38.7 Å². The fourth-order valence-corrected chi connectivity index (χ4v) is 2.77. The van der Waals surface area contributed by atoms with E-state index in [4.69, 9.17) is 4.74 Å². The lowest BCUT2D eigenvalue weighted by Crippen LogP contribution is -2.50. The molecule has 98 valence electrons. The molecule has 0 radical (unpaired) electrons. The van der Waals surface area contributed by atoms with Crippen LogP contribution in [-0.4, -0.2) is 28.7 Å². The predicted molar refractivity (Wildman–Crippen MR) is 72.3 cm³/mol. The number of carbonyl (C=O) groups is 1. The Bertz CT molecular complexity index is 405. The van der Waals surface area contributed by atoms with Gasteiger partial charge in [0.1, 0.15) is 5.60 Å². The summed E-state index contributed by atoms with van der Waals surface area (Å²) in [5, 5.41) is 0. The van der Waals surface area contributed by atoms with Crippen molar-refractivity contribution >= 4 is 6.09 Å². The van der Waals surface area contributed by atoms with Crippen LogP contribution in [0.1, 0.15) is 33.1 Å². The monoisotopic (exact) mass is 247 g/mol. The van der Waals surface area contributed by atoms with Gasteiger partial charge in [0.15, 0.2) is 0 Å². The van der Waals surface area contributed by atoms with Crippen LogP contribution in [0.25, 0.3) is 0 Å². The number of hydrogen-bond acceptors (Lipinski definition) is 2. The maximum atomic E-state index is 12.1. The Morgan fingerprint density at radius 3 is 2.56 bits per heavy atom. The van der Waals surface area contributed by atoms with E-state index in [0.29, 0.717) is 6.04 Å². The Balaban J connectivity index is 2.36. The standard InChI is InChI=1S/C15H21NO2/c1-5-8-11(6-2)13-15(3,4)18-14(17)16(13)12-9-7-10-12/h5-6,8,12-13H,1-2,7,9-10H2,3-4H3/b11-8+/t13-/m1/s1. The molecule has 0 aromatic rings. The molecular weight excluding hydrogens is 226 g/mol. The molecule has 2 aliphatic rings. The molecule has 1 amide bonds.